The van der Waals surface area contributed by atoms with Crippen LogP contribution in [-0.4, -0.2) is 26.4 Å². The van der Waals surface area contributed by atoms with E-state index in [0.29, 0.717) is 26.4 Å². The predicted molar refractivity (Wildman–Crippen MR) is 68.8 cm³/mol. The van der Waals surface area contributed by atoms with Gasteiger partial charge < -0.3 is 0 Å². The summed E-state index contributed by atoms with van der Waals surface area (Å²) in [6, 6.07) is 0. The van der Waals surface area contributed by atoms with Crippen molar-refractivity contribution in [2.45, 2.75) is 39.5 Å². The van der Waals surface area contributed by atoms with Crippen molar-refractivity contribution in [1.29, 1.82) is 0 Å². The van der Waals surface area contributed by atoms with Crippen LogP contribution in [0.2, 0.25) is 0 Å². The lowest BCUT2D eigenvalue weighted by Gasteiger charge is -1.95. The van der Waals surface area contributed by atoms with Crippen molar-refractivity contribution in [3.8, 4) is 0 Å². The molecule has 0 aliphatic heterocycles. The molecule has 0 saturated carbocycles. The van der Waals surface area contributed by atoms with E-state index in [1.54, 1.807) is 13.8 Å². The van der Waals surface area contributed by atoms with Crippen LogP contribution >= 0.6 is 16.5 Å². The molecule has 18 heavy (non-hydrogen) atoms. The van der Waals surface area contributed by atoms with E-state index in [4.69, 9.17) is 18.1 Å². The zero-order valence-corrected chi connectivity index (χ0v) is 12.8. The van der Waals surface area contributed by atoms with Crippen molar-refractivity contribution in [2.75, 3.05) is 26.4 Å². The quantitative estimate of drug-likeness (QED) is 0.378. The summed E-state index contributed by atoms with van der Waals surface area (Å²) in [4.78, 5) is 0. The van der Waals surface area contributed by atoms with Gasteiger partial charge in [-0.2, -0.15) is 0 Å². The van der Waals surface area contributed by atoms with Crippen molar-refractivity contribution in [3.63, 3.8) is 0 Å². The third-order valence-corrected chi connectivity index (χ3v) is 3.63. The van der Waals surface area contributed by atoms with Gasteiger partial charge in [0.1, 0.15) is 26.4 Å². The third kappa shape index (κ3) is 12.5. The largest absolute Gasteiger partial charge is 0.697 e. The SMILES string of the molecule is CCO[P+](=O)OCCCCCCO[P+](=O)OCC. The van der Waals surface area contributed by atoms with Crippen LogP contribution in [0.25, 0.3) is 0 Å². The fraction of sp³-hybridized carbons (Fsp3) is 1.00. The molecule has 8 heteroatoms. The Kier molecular flexibility index (Phi) is 13.5. The van der Waals surface area contributed by atoms with Crippen LogP contribution < -0.4 is 0 Å². The standard InChI is InChI=1S/C10H22O6P2/c1-3-13-17(11)15-9-7-5-6-8-10-16-18(12)14-4-2/h3-10H2,1-2H3/q+2. The summed E-state index contributed by atoms with van der Waals surface area (Å²) < 4.78 is 41.3. The second-order valence-corrected chi connectivity index (χ2v) is 5.29. The van der Waals surface area contributed by atoms with E-state index < -0.39 is 16.5 Å². The van der Waals surface area contributed by atoms with E-state index in [2.05, 4.69) is 0 Å². The molecule has 0 aliphatic carbocycles. The normalized spacial score (nSPS) is 12.6. The molecular formula is C10H22O6P2+2. The lowest BCUT2D eigenvalue weighted by Crippen LogP contribution is -1.92. The third-order valence-electron chi connectivity index (χ3n) is 1.90. The first-order valence-corrected chi connectivity index (χ1v) is 8.36. The average molecular weight is 300 g/mol. The molecule has 6 nitrogen and oxygen atoms in total. The zero-order chi connectivity index (χ0) is 13.6. The van der Waals surface area contributed by atoms with Gasteiger partial charge in [-0.05, 0) is 26.7 Å². The molecule has 0 fully saturated rings. The minimum absolute atomic E-state index is 0.393. The molecule has 0 N–H and O–H groups in total. The smallest absolute Gasteiger partial charge is 0.119 e. The molecule has 2 atom stereocenters. The molecule has 0 heterocycles. The molecule has 0 aromatic rings. The van der Waals surface area contributed by atoms with Crippen LogP contribution in [0.15, 0.2) is 0 Å². The first-order valence-electron chi connectivity index (χ1n) is 6.16. The Morgan fingerprint density at radius 3 is 1.39 bits per heavy atom. The van der Waals surface area contributed by atoms with Crippen LogP contribution in [-0.2, 0) is 27.2 Å². The number of hydrogen-bond donors (Lipinski definition) is 0. The second kappa shape index (κ2) is 13.5. The minimum Gasteiger partial charge on any atom is -0.119 e. The molecule has 2 unspecified atom stereocenters. The molecule has 0 aromatic heterocycles. The van der Waals surface area contributed by atoms with Gasteiger partial charge in [-0.3, -0.25) is 0 Å². The molecule has 0 saturated heterocycles. The maximum Gasteiger partial charge on any atom is 0.697 e. The average Bonchev–Trinajstić information content (AvgIpc) is 2.33. The summed E-state index contributed by atoms with van der Waals surface area (Å²) in [5.41, 5.74) is 0. The molecule has 0 aliphatic rings. The molecule has 0 amide bonds. The highest BCUT2D eigenvalue weighted by Crippen LogP contribution is 2.24. The molecule has 0 radical (unpaired) electrons. The Bertz CT molecular complexity index is 212. The van der Waals surface area contributed by atoms with Gasteiger partial charge in [0.15, 0.2) is 0 Å². The maximum absolute atomic E-state index is 11.0. The first-order chi connectivity index (χ1) is 8.70. The molecule has 0 spiro atoms. The first kappa shape index (κ1) is 18.0. The van der Waals surface area contributed by atoms with Crippen molar-refractivity contribution < 1.29 is 27.2 Å². The molecular weight excluding hydrogens is 278 g/mol. The van der Waals surface area contributed by atoms with Gasteiger partial charge in [0.25, 0.3) is 0 Å². The highest BCUT2D eigenvalue weighted by molar-refractivity contribution is 7.33. The second-order valence-electron chi connectivity index (χ2n) is 3.36. The van der Waals surface area contributed by atoms with E-state index in [1.165, 1.54) is 0 Å². The summed E-state index contributed by atoms with van der Waals surface area (Å²) in [6.45, 7) is 5.19. The molecule has 0 bridgehead atoms. The summed E-state index contributed by atoms with van der Waals surface area (Å²) in [5, 5.41) is 0. The van der Waals surface area contributed by atoms with Crippen LogP contribution in [0.3, 0.4) is 0 Å². The molecule has 0 rings (SSSR count). The van der Waals surface area contributed by atoms with Crippen molar-refractivity contribution in [3.05, 3.63) is 0 Å². The monoisotopic (exact) mass is 300 g/mol. The fourth-order valence-corrected chi connectivity index (χ4v) is 2.25. The van der Waals surface area contributed by atoms with Crippen LogP contribution in [0.4, 0.5) is 0 Å². The van der Waals surface area contributed by atoms with Crippen molar-refractivity contribution >= 4 is 16.5 Å². The Labute approximate surface area is 110 Å². The van der Waals surface area contributed by atoms with Crippen molar-refractivity contribution in [1.82, 2.24) is 0 Å². The van der Waals surface area contributed by atoms with Gasteiger partial charge in [0.05, 0.1) is 0 Å². The van der Waals surface area contributed by atoms with Gasteiger partial charge in [-0.15, -0.1) is 18.1 Å². The van der Waals surface area contributed by atoms with E-state index in [1.807, 2.05) is 0 Å². The Hall–Kier alpha value is 0.0400. The van der Waals surface area contributed by atoms with Crippen LogP contribution in [0.5, 0.6) is 0 Å². The Balaban J connectivity index is 3.16. The number of unbranched alkanes of at least 4 members (excludes halogenated alkanes) is 3. The fourth-order valence-electron chi connectivity index (χ4n) is 1.12. The topological polar surface area (TPSA) is 71.1 Å². The van der Waals surface area contributed by atoms with Gasteiger partial charge in [0, 0.05) is 9.13 Å². The van der Waals surface area contributed by atoms with E-state index in [0.717, 1.165) is 25.7 Å². The van der Waals surface area contributed by atoms with Crippen molar-refractivity contribution in [2.24, 2.45) is 0 Å². The molecule has 0 aromatic carbocycles. The minimum atomic E-state index is -1.95. The molecule has 106 valence electrons. The van der Waals surface area contributed by atoms with Gasteiger partial charge in [-0.1, -0.05) is 12.8 Å². The highest BCUT2D eigenvalue weighted by atomic mass is 31.1. The zero-order valence-electron chi connectivity index (χ0n) is 11.0. The van der Waals surface area contributed by atoms with Gasteiger partial charge >= 0.3 is 16.5 Å². The maximum atomic E-state index is 11.0. The van der Waals surface area contributed by atoms with Gasteiger partial charge in [-0.25, -0.2) is 0 Å². The lowest BCUT2D eigenvalue weighted by atomic mass is 10.2. The Morgan fingerprint density at radius 2 is 1.06 bits per heavy atom. The highest BCUT2D eigenvalue weighted by Gasteiger charge is 2.18. The van der Waals surface area contributed by atoms with Crippen LogP contribution in [0, 0.1) is 0 Å². The summed E-state index contributed by atoms with van der Waals surface area (Å²) in [7, 11) is -3.90. The predicted octanol–water partition coefficient (Wildman–Crippen LogP) is 3.97. The Morgan fingerprint density at radius 1 is 0.667 bits per heavy atom. The van der Waals surface area contributed by atoms with E-state index in [-0.39, 0.29) is 0 Å². The summed E-state index contributed by atoms with van der Waals surface area (Å²) in [5.74, 6) is 0. The lowest BCUT2D eigenvalue weighted by molar-refractivity contribution is 0.221. The van der Waals surface area contributed by atoms with Gasteiger partial charge in [0.2, 0.25) is 0 Å². The van der Waals surface area contributed by atoms with E-state index >= 15 is 0 Å². The summed E-state index contributed by atoms with van der Waals surface area (Å²) in [6.07, 6.45) is 3.55. The number of rotatable bonds is 13. The number of hydrogen-bond acceptors (Lipinski definition) is 6. The van der Waals surface area contributed by atoms with E-state index in [9.17, 15) is 9.13 Å². The van der Waals surface area contributed by atoms with Crippen LogP contribution in [0.1, 0.15) is 39.5 Å². The summed E-state index contributed by atoms with van der Waals surface area (Å²) >= 11 is 0.